The number of nitrogens with zero attached hydrogens (tertiary/aromatic N) is 3. The zero-order valence-electron chi connectivity index (χ0n) is 11.5. The minimum Gasteiger partial charge on any atom is -0.388 e. The Morgan fingerprint density at radius 3 is 2.74 bits per heavy atom. The quantitative estimate of drug-likeness (QED) is 0.897. The van der Waals surface area contributed by atoms with Crippen molar-refractivity contribution in [3.8, 4) is 0 Å². The lowest BCUT2D eigenvalue weighted by Crippen LogP contribution is -2.04. The molecule has 1 unspecified atom stereocenters. The van der Waals surface area contributed by atoms with Crippen LogP contribution in [0.15, 0.2) is 30.7 Å². The molecule has 4 nitrogen and oxygen atoms in total. The standard InChI is InChI=1S/C15H21N3O/c1-11(2)18-8-6-14(16-18)10-17-7-5-13(9-17)15(19)12-3-4-12/h5-9,11-12,15,19H,3-4,10H2,1-2H3. The third kappa shape index (κ3) is 2.73. The first kappa shape index (κ1) is 12.5. The highest BCUT2D eigenvalue weighted by Crippen LogP contribution is 2.40. The van der Waals surface area contributed by atoms with E-state index in [1.807, 2.05) is 29.3 Å². The van der Waals surface area contributed by atoms with Crippen molar-refractivity contribution in [1.29, 1.82) is 0 Å². The van der Waals surface area contributed by atoms with Gasteiger partial charge in [0.2, 0.25) is 0 Å². The summed E-state index contributed by atoms with van der Waals surface area (Å²) >= 11 is 0. The van der Waals surface area contributed by atoms with Crippen LogP contribution in [0.3, 0.4) is 0 Å². The molecule has 0 amide bonds. The molecule has 2 aromatic heterocycles. The van der Waals surface area contributed by atoms with Gasteiger partial charge in [-0.05, 0) is 50.3 Å². The van der Waals surface area contributed by atoms with Gasteiger partial charge in [0, 0.05) is 24.6 Å². The largest absolute Gasteiger partial charge is 0.388 e. The molecule has 1 N–H and O–H groups in total. The Kier molecular flexibility index (Phi) is 3.19. The van der Waals surface area contributed by atoms with Gasteiger partial charge in [0.1, 0.15) is 0 Å². The van der Waals surface area contributed by atoms with Gasteiger partial charge in [0.25, 0.3) is 0 Å². The molecule has 0 saturated heterocycles. The molecule has 102 valence electrons. The minimum atomic E-state index is -0.283. The fraction of sp³-hybridized carbons (Fsp3) is 0.533. The van der Waals surface area contributed by atoms with Crippen molar-refractivity contribution >= 4 is 0 Å². The molecule has 1 aliphatic carbocycles. The van der Waals surface area contributed by atoms with Crippen LogP contribution in [-0.4, -0.2) is 19.5 Å². The van der Waals surface area contributed by atoms with Crippen molar-refractivity contribution in [2.75, 3.05) is 0 Å². The second kappa shape index (κ2) is 4.85. The monoisotopic (exact) mass is 259 g/mol. The van der Waals surface area contributed by atoms with Gasteiger partial charge >= 0.3 is 0 Å². The zero-order valence-corrected chi connectivity index (χ0v) is 11.5. The Balaban J connectivity index is 1.68. The number of rotatable bonds is 5. The molecule has 1 fully saturated rings. The maximum absolute atomic E-state index is 10.1. The molecule has 0 bridgehead atoms. The molecule has 1 saturated carbocycles. The second-order valence-electron chi connectivity index (χ2n) is 5.78. The van der Waals surface area contributed by atoms with Crippen LogP contribution in [0.2, 0.25) is 0 Å². The molecule has 1 aliphatic rings. The Hall–Kier alpha value is -1.55. The van der Waals surface area contributed by atoms with Gasteiger partial charge in [0.05, 0.1) is 18.3 Å². The zero-order chi connectivity index (χ0) is 13.4. The van der Waals surface area contributed by atoms with Gasteiger partial charge in [-0.1, -0.05) is 0 Å². The van der Waals surface area contributed by atoms with E-state index in [2.05, 4.69) is 29.6 Å². The summed E-state index contributed by atoms with van der Waals surface area (Å²) in [6, 6.07) is 4.46. The molecule has 3 rings (SSSR count). The molecule has 0 aliphatic heterocycles. The summed E-state index contributed by atoms with van der Waals surface area (Å²) in [6.45, 7) is 5.00. The number of aromatic nitrogens is 3. The topological polar surface area (TPSA) is 43.0 Å². The predicted molar refractivity (Wildman–Crippen MR) is 73.8 cm³/mol. The summed E-state index contributed by atoms with van der Waals surface area (Å²) in [7, 11) is 0. The molecule has 0 spiro atoms. The molecule has 2 aromatic rings. The summed E-state index contributed by atoms with van der Waals surface area (Å²) < 4.78 is 4.06. The van der Waals surface area contributed by atoms with Gasteiger partial charge < -0.3 is 9.67 Å². The Labute approximate surface area is 113 Å². The van der Waals surface area contributed by atoms with Crippen LogP contribution in [0.1, 0.15) is 50.1 Å². The van der Waals surface area contributed by atoms with Crippen LogP contribution in [0.4, 0.5) is 0 Å². The van der Waals surface area contributed by atoms with E-state index >= 15 is 0 Å². The average molecular weight is 259 g/mol. The highest BCUT2D eigenvalue weighted by Gasteiger charge is 2.31. The molecule has 0 radical (unpaired) electrons. The molecule has 2 heterocycles. The van der Waals surface area contributed by atoms with Crippen LogP contribution in [0.25, 0.3) is 0 Å². The Morgan fingerprint density at radius 1 is 1.32 bits per heavy atom. The van der Waals surface area contributed by atoms with E-state index in [1.54, 1.807) is 0 Å². The highest BCUT2D eigenvalue weighted by molar-refractivity contribution is 5.17. The lowest BCUT2D eigenvalue weighted by molar-refractivity contribution is 0.154. The number of hydrogen-bond donors (Lipinski definition) is 1. The third-order valence-electron chi connectivity index (χ3n) is 3.72. The molecule has 19 heavy (non-hydrogen) atoms. The van der Waals surface area contributed by atoms with Crippen molar-refractivity contribution in [2.24, 2.45) is 5.92 Å². The van der Waals surface area contributed by atoms with E-state index in [-0.39, 0.29) is 6.10 Å². The number of aliphatic hydroxyl groups excluding tert-OH is 1. The minimum absolute atomic E-state index is 0.283. The lowest BCUT2D eigenvalue weighted by Gasteiger charge is -2.06. The van der Waals surface area contributed by atoms with Crippen LogP contribution in [0.5, 0.6) is 0 Å². The van der Waals surface area contributed by atoms with Crippen molar-refractivity contribution < 1.29 is 5.11 Å². The summed E-state index contributed by atoms with van der Waals surface area (Å²) in [6.07, 6.45) is 8.11. The molecule has 1 atom stereocenters. The first-order chi connectivity index (χ1) is 9.13. The molecular weight excluding hydrogens is 238 g/mol. The van der Waals surface area contributed by atoms with Crippen LogP contribution in [-0.2, 0) is 6.54 Å². The molecule has 4 heteroatoms. The first-order valence-electron chi connectivity index (χ1n) is 7.01. The summed E-state index contributed by atoms with van der Waals surface area (Å²) in [4.78, 5) is 0. The normalized spacial score (nSPS) is 17.1. The maximum atomic E-state index is 10.1. The SMILES string of the molecule is CC(C)n1ccc(Cn2ccc(C(O)C3CC3)c2)n1. The first-order valence-corrected chi connectivity index (χ1v) is 7.01. The van der Waals surface area contributed by atoms with E-state index in [0.717, 1.165) is 30.6 Å². The van der Waals surface area contributed by atoms with Crippen molar-refractivity contribution in [3.63, 3.8) is 0 Å². The van der Waals surface area contributed by atoms with E-state index in [9.17, 15) is 5.11 Å². The van der Waals surface area contributed by atoms with Crippen LogP contribution in [0, 0.1) is 5.92 Å². The van der Waals surface area contributed by atoms with E-state index < -0.39 is 0 Å². The number of hydrogen-bond acceptors (Lipinski definition) is 2. The summed E-state index contributed by atoms with van der Waals surface area (Å²) in [5.41, 5.74) is 2.09. The van der Waals surface area contributed by atoms with Crippen molar-refractivity contribution in [2.45, 2.75) is 45.4 Å². The highest BCUT2D eigenvalue weighted by atomic mass is 16.3. The fourth-order valence-corrected chi connectivity index (χ4v) is 2.35. The molecular formula is C15H21N3O. The fourth-order valence-electron chi connectivity index (χ4n) is 2.35. The predicted octanol–water partition coefficient (Wildman–Crippen LogP) is 2.76. The van der Waals surface area contributed by atoms with Crippen LogP contribution >= 0.6 is 0 Å². The van der Waals surface area contributed by atoms with Crippen molar-refractivity contribution in [3.05, 3.63) is 42.0 Å². The van der Waals surface area contributed by atoms with Gasteiger partial charge in [0.15, 0.2) is 0 Å². The van der Waals surface area contributed by atoms with Gasteiger partial charge in [-0.25, -0.2) is 0 Å². The van der Waals surface area contributed by atoms with E-state index in [1.165, 1.54) is 0 Å². The smallest absolute Gasteiger partial charge is 0.0832 e. The van der Waals surface area contributed by atoms with E-state index in [4.69, 9.17) is 0 Å². The van der Waals surface area contributed by atoms with E-state index in [0.29, 0.717) is 12.0 Å². The van der Waals surface area contributed by atoms with Gasteiger partial charge in [-0.2, -0.15) is 5.10 Å². The van der Waals surface area contributed by atoms with Crippen molar-refractivity contribution in [1.82, 2.24) is 14.3 Å². The Morgan fingerprint density at radius 2 is 2.11 bits per heavy atom. The summed E-state index contributed by atoms with van der Waals surface area (Å²) in [5.74, 6) is 0.482. The third-order valence-corrected chi connectivity index (χ3v) is 3.72. The molecule has 0 aromatic carbocycles. The van der Waals surface area contributed by atoms with Crippen LogP contribution < -0.4 is 0 Å². The Bertz CT molecular complexity index is 551. The van der Waals surface area contributed by atoms with Gasteiger partial charge in [-0.15, -0.1) is 0 Å². The summed E-state index contributed by atoms with van der Waals surface area (Å²) in [5, 5.41) is 14.6. The number of aliphatic hydroxyl groups is 1. The van der Waals surface area contributed by atoms with Gasteiger partial charge in [-0.3, -0.25) is 4.68 Å². The second-order valence-corrected chi connectivity index (χ2v) is 5.78. The maximum Gasteiger partial charge on any atom is 0.0832 e. The average Bonchev–Trinajstić information content (AvgIpc) is 2.94. The lowest BCUT2D eigenvalue weighted by atomic mass is 10.1.